The summed E-state index contributed by atoms with van der Waals surface area (Å²) in [4.78, 5) is 11.0. The zero-order valence-corrected chi connectivity index (χ0v) is 27.7. The van der Waals surface area contributed by atoms with Crippen LogP contribution < -0.4 is 0 Å². The number of thiophene rings is 2. The molecule has 0 aliphatic heterocycles. The maximum atomic E-state index is 5.55. The Balaban J connectivity index is 1.32. The van der Waals surface area contributed by atoms with Gasteiger partial charge in [0.15, 0.2) is 0 Å². The van der Waals surface area contributed by atoms with Crippen LogP contribution in [0, 0.1) is 0 Å². The van der Waals surface area contributed by atoms with E-state index in [2.05, 4.69) is 156 Å². The first-order valence-electron chi connectivity index (χ1n) is 16.4. The lowest BCUT2D eigenvalue weighted by molar-refractivity contribution is 1.02. The minimum atomic E-state index is 0.686. The van der Waals surface area contributed by atoms with Gasteiger partial charge < -0.3 is 0 Å². The maximum absolute atomic E-state index is 5.55. The summed E-state index contributed by atoms with van der Waals surface area (Å²) < 4.78 is 7.27. The normalized spacial score (nSPS) is 12.1. The van der Waals surface area contributed by atoms with E-state index in [-0.39, 0.29) is 0 Å². The van der Waals surface area contributed by atoms with Crippen LogP contribution in [-0.4, -0.2) is 14.5 Å². The number of fused-ring (bicyclic) bond motifs is 13. The number of para-hydroxylation sites is 1. The van der Waals surface area contributed by atoms with Crippen LogP contribution in [0.2, 0.25) is 0 Å². The SMILES string of the molecule is c1ccc(-c2cccc(-c3nc(-n4c5ccccc5c5c6c7ccccc7sc6c6ccccc6c54)nc4c3sc3ccccc34)c2)cc1. The van der Waals surface area contributed by atoms with Crippen LogP contribution in [0.5, 0.6) is 0 Å². The van der Waals surface area contributed by atoms with Crippen LogP contribution in [0.4, 0.5) is 0 Å². The van der Waals surface area contributed by atoms with Crippen molar-refractivity contribution < 1.29 is 0 Å². The van der Waals surface area contributed by atoms with E-state index in [1.807, 2.05) is 11.3 Å². The molecule has 49 heavy (non-hydrogen) atoms. The van der Waals surface area contributed by atoms with E-state index < -0.39 is 0 Å². The highest BCUT2D eigenvalue weighted by atomic mass is 32.1. The van der Waals surface area contributed by atoms with Gasteiger partial charge in [0.1, 0.15) is 0 Å². The summed E-state index contributed by atoms with van der Waals surface area (Å²) in [5.74, 6) is 0.686. The molecule has 0 unspecified atom stereocenters. The van der Waals surface area contributed by atoms with E-state index >= 15 is 0 Å². The molecule has 0 radical (unpaired) electrons. The van der Waals surface area contributed by atoms with Crippen molar-refractivity contribution >= 4 is 95.7 Å². The van der Waals surface area contributed by atoms with Crippen LogP contribution in [0.15, 0.2) is 152 Å². The molecule has 4 heterocycles. The second-order valence-electron chi connectivity index (χ2n) is 12.5. The number of hydrogen-bond donors (Lipinski definition) is 0. The van der Waals surface area contributed by atoms with Crippen molar-refractivity contribution in [3.63, 3.8) is 0 Å². The largest absolute Gasteiger partial charge is 0.277 e. The molecule has 0 fully saturated rings. The summed E-state index contributed by atoms with van der Waals surface area (Å²) in [5.41, 5.74) is 7.64. The second-order valence-corrected chi connectivity index (χ2v) is 14.6. The molecule has 228 valence electrons. The molecule has 0 saturated heterocycles. The molecule has 5 heteroatoms. The fourth-order valence-corrected chi connectivity index (χ4v) is 10.1. The van der Waals surface area contributed by atoms with E-state index in [9.17, 15) is 0 Å². The highest BCUT2D eigenvalue weighted by Gasteiger charge is 2.24. The summed E-state index contributed by atoms with van der Waals surface area (Å²) in [6, 6.07) is 54.4. The minimum absolute atomic E-state index is 0.686. The first-order valence-corrected chi connectivity index (χ1v) is 18.1. The van der Waals surface area contributed by atoms with Gasteiger partial charge in [-0.25, -0.2) is 9.97 Å². The van der Waals surface area contributed by atoms with E-state index in [4.69, 9.17) is 9.97 Å². The predicted octanol–water partition coefficient (Wildman–Crippen LogP) is 12.8. The fraction of sp³-hybridized carbons (Fsp3) is 0. The monoisotopic (exact) mass is 659 g/mol. The first kappa shape index (κ1) is 27.1. The van der Waals surface area contributed by atoms with Gasteiger partial charge in [-0.3, -0.25) is 4.57 Å². The summed E-state index contributed by atoms with van der Waals surface area (Å²) in [6.45, 7) is 0. The Kier molecular flexibility index (Phi) is 5.70. The zero-order chi connectivity index (χ0) is 32.1. The molecule has 0 amide bonds. The molecular weight excluding hydrogens is 635 g/mol. The number of benzene rings is 7. The van der Waals surface area contributed by atoms with Gasteiger partial charge in [0.05, 0.1) is 26.9 Å². The van der Waals surface area contributed by atoms with Gasteiger partial charge in [0.25, 0.3) is 0 Å². The third kappa shape index (κ3) is 3.88. The molecule has 0 N–H and O–H groups in total. The van der Waals surface area contributed by atoms with E-state index in [0.29, 0.717) is 5.95 Å². The first-order chi connectivity index (χ1) is 24.3. The average Bonchev–Trinajstić information content (AvgIpc) is 3.85. The van der Waals surface area contributed by atoms with Crippen molar-refractivity contribution in [1.29, 1.82) is 0 Å². The van der Waals surface area contributed by atoms with Crippen molar-refractivity contribution in [2.24, 2.45) is 0 Å². The summed E-state index contributed by atoms with van der Waals surface area (Å²) in [7, 11) is 0. The molecular formula is C44H25N3S2. The summed E-state index contributed by atoms with van der Waals surface area (Å²) in [5, 5.41) is 8.69. The van der Waals surface area contributed by atoms with Crippen molar-refractivity contribution in [2.75, 3.05) is 0 Å². The quantitative estimate of drug-likeness (QED) is 0.189. The van der Waals surface area contributed by atoms with Gasteiger partial charge >= 0.3 is 0 Å². The Morgan fingerprint density at radius 2 is 1.04 bits per heavy atom. The maximum Gasteiger partial charge on any atom is 0.235 e. The number of rotatable bonds is 3. The van der Waals surface area contributed by atoms with E-state index in [0.717, 1.165) is 37.9 Å². The summed E-state index contributed by atoms with van der Waals surface area (Å²) in [6.07, 6.45) is 0. The Hall–Kier alpha value is -5.88. The lowest BCUT2D eigenvalue weighted by atomic mass is 10.00. The zero-order valence-electron chi connectivity index (χ0n) is 26.1. The predicted molar refractivity (Wildman–Crippen MR) is 211 cm³/mol. The number of aromatic nitrogens is 3. The topological polar surface area (TPSA) is 30.7 Å². The standard InChI is InChI=1S/C44H25N3S2/c1-2-13-26(14-3-1)27-15-12-16-28(25-27)39-43-40(33-21-8-11-24-36(33)49-43)46-44(45-39)47-34-22-9-6-19-31(34)37-38-32-20-7-10-23-35(32)48-42(38)30-18-5-4-17-29(30)41(37)47/h1-25H. The van der Waals surface area contributed by atoms with Crippen molar-refractivity contribution in [3.05, 3.63) is 152 Å². The van der Waals surface area contributed by atoms with Crippen molar-refractivity contribution in [3.8, 4) is 28.3 Å². The van der Waals surface area contributed by atoms with Crippen LogP contribution >= 0.6 is 22.7 Å². The van der Waals surface area contributed by atoms with Gasteiger partial charge in [-0.2, -0.15) is 0 Å². The van der Waals surface area contributed by atoms with Crippen LogP contribution in [0.25, 0.3) is 101 Å². The number of nitrogens with zero attached hydrogens (tertiary/aromatic N) is 3. The fourth-order valence-electron chi connectivity index (χ4n) is 7.68. The van der Waals surface area contributed by atoms with E-state index in [1.54, 1.807) is 11.3 Å². The van der Waals surface area contributed by atoms with Crippen LogP contribution in [0.1, 0.15) is 0 Å². The van der Waals surface area contributed by atoms with Gasteiger partial charge in [-0.15, -0.1) is 22.7 Å². The van der Waals surface area contributed by atoms with Crippen LogP contribution in [-0.2, 0) is 0 Å². The highest BCUT2D eigenvalue weighted by molar-refractivity contribution is 7.27. The van der Waals surface area contributed by atoms with Gasteiger partial charge in [-0.1, -0.05) is 127 Å². The Labute approximate surface area is 289 Å². The molecule has 11 rings (SSSR count). The van der Waals surface area contributed by atoms with Crippen molar-refractivity contribution in [2.45, 2.75) is 0 Å². The Morgan fingerprint density at radius 3 is 1.88 bits per heavy atom. The lowest BCUT2D eigenvalue weighted by Crippen LogP contribution is -2.03. The van der Waals surface area contributed by atoms with Crippen LogP contribution in [0.3, 0.4) is 0 Å². The molecule has 0 saturated carbocycles. The molecule has 0 spiro atoms. The van der Waals surface area contributed by atoms with Gasteiger partial charge in [0.2, 0.25) is 5.95 Å². The third-order valence-electron chi connectivity index (χ3n) is 9.80. The molecule has 0 aliphatic rings. The Bertz CT molecular complexity index is 3110. The number of hydrogen-bond acceptors (Lipinski definition) is 4. The minimum Gasteiger partial charge on any atom is -0.277 e. The third-order valence-corrected chi connectivity index (χ3v) is 12.2. The molecule has 0 atom stereocenters. The van der Waals surface area contributed by atoms with Gasteiger partial charge in [0, 0.05) is 57.4 Å². The second kappa shape index (κ2) is 10.3. The van der Waals surface area contributed by atoms with Crippen molar-refractivity contribution in [1.82, 2.24) is 14.5 Å². The molecule has 3 nitrogen and oxygen atoms in total. The molecule has 7 aromatic carbocycles. The average molecular weight is 660 g/mol. The van der Waals surface area contributed by atoms with E-state index in [1.165, 1.54) is 57.5 Å². The Morgan fingerprint density at radius 1 is 0.429 bits per heavy atom. The molecule has 0 bridgehead atoms. The smallest absolute Gasteiger partial charge is 0.235 e. The molecule has 0 aliphatic carbocycles. The highest BCUT2D eigenvalue weighted by Crippen LogP contribution is 2.48. The molecule has 11 aromatic rings. The molecule has 4 aromatic heterocycles. The summed E-state index contributed by atoms with van der Waals surface area (Å²) >= 11 is 3.66. The lowest BCUT2D eigenvalue weighted by Gasteiger charge is -2.12. The van der Waals surface area contributed by atoms with Gasteiger partial charge in [-0.05, 0) is 35.4 Å².